The number of nitrogens with one attached hydrogen (secondary N) is 2. The second-order valence-corrected chi connectivity index (χ2v) is 8.64. The Morgan fingerprint density at radius 2 is 1.64 bits per heavy atom. The minimum absolute atomic E-state index is 0.00982. The second-order valence-electron chi connectivity index (χ2n) is 6.04. The molecule has 144 valence electrons. The molecule has 3 aromatic rings. The fraction of sp³-hybridized carbons (Fsp3) is 0.0500. The fourth-order valence-corrected chi connectivity index (χ4v) is 3.88. The van der Waals surface area contributed by atoms with Gasteiger partial charge in [0.25, 0.3) is 15.9 Å². The van der Waals surface area contributed by atoms with E-state index in [9.17, 15) is 17.6 Å². The summed E-state index contributed by atoms with van der Waals surface area (Å²) < 4.78 is 42.2. The molecule has 8 heteroatoms. The van der Waals surface area contributed by atoms with Gasteiger partial charge in [-0.1, -0.05) is 45.8 Å². The van der Waals surface area contributed by atoms with E-state index in [2.05, 4.69) is 26.0 Å². The molecular weight excluding hydrogens is 447 g/mol. The van der Waals surface area contributed by atoms with Crippen molar-refractivity contribution in [3.05, 3.63) is 88.1 Å². The number of halogens is 2. The van der Waals surface area contributed by atoms with Crippen LogP contribution in [0.4, 0.5) is 15.8 Å². The largest absolute Gasteiger partial charge is 0.319 e. The van der Waals surface area contributed by atoms with Gasteiger partial charge < -0.3 is 5.32 Å². The van der Waals surface area contributed by atoms with Crippen molar-refractivity contribution in [3.8, 4) is 0 Å². The molecule has 0 unspecified atom stereocenters. The summed E-state index contributed by atoms with van der Waals surface area (Å²) in [5.41, 5.74) is 1.08. The van der Waals surface area contributed by atoms with E-state index in [-0.39, 0.29) is 21.8 Å². The third-order valence-electron chi connectivity index (χ3n) is 3.93. The standard InChI is InChI=1S/C20H16BrFN2O3S/c1-13-6-9-15(10-7-13)28(26,27)24-18-5-3-2-4-16(18)20(25)23-19-11-8-14(21)12-17(19)22/h2-12,24H,1H3,(H,23,25). The van der Waals surface area contributed by atoms with E-state index in [4.69, 9.17) is 0 Å². The molecule has 0 fully saturated rings. The van der Waals surface area contributed by atoms with Crippen LogP contribution in [0.25, 0.3) is 0 Å². The first kappa shape index (κ1) is 20.0. The molecule has 1 amide bonds. The van der Waals surface area contributed by atoms with Crippen molar-refractivity contribution in [3.63, 3.8) is 0 Å². The van der Waals surface area contributed by atoms with Crippen LogP contribution in [0.15, 0.2) is 76.1 Å². The van der Waals surface area contributed by atoms with Gasteiger partial charge in [0.15, 0.2) is 0 Å². The Hall–Kier alpha value is -2.71. The molecule has 28 heavy (non-hydrogen) atoms. The minimum Gasteiger partial charge on any atom is -0.319 e. The Bertz CT molecular complexity index is 1130. The Morgan fingerprint density at radius 3 is 2.32 bits per heavy atom. The zero-order chi connectivity index (χ0) is 20.3. The van der Waals surface area contributed by atoms with Crippen molar-refractivity contribution in [2.75, 3.05) is 10.0 Å². The van der Waals surface area contributed by atoms with Crippen molar-refractivity contribution in [2.24, 2.45) is 0 Å². The second kappa shape index (κ2) is 8.12. The summed E-state index contributed by atoms with van der Waals surface area (Å²) >= 11 is 3.15. The number of hydrogen-bond acceptors (Lipinski definition) is 3. The Balaban J connectivity index is 1.88. The molecule has 0 heterocycles. The van der Waals surface area contributed by atoms with Crippen LogP contribution in [-0.2, 0) is 10.0 Å². The highest BCUT2D eigenvalue weighted by Gasteiger charge is 2.19. The van der Waals surface area contributed by atoms with Crippen molar-refractivity contribution >= 4 is 43.2 Å². The zero-order valence-electron chi connectivity index (χ0n) is 14.7. The van der Waals surface area contributed by atoms with E-state index in [0.717, 1.165) is 5.56 Å². The maximum Gasteiger partial charge on any atom is 0.261 e. The number of rotatable bonds is 5. The van der Waals surface area contributed by atoms with E-state index >= 15 is 0 Å². The Labute approximate surface area is 170 Å². The summed E-state index contributed by atoms with van der Waals surface area (Å²) in [6, 6.07) is 16.7. The van der Waals surface area contributed by atoms with Crippen molar-refractivity contribution in [1.29, 1.82) is 0 Å². The monoisotopic (exact) mass is 462 g/mol. The number of carbonyl (C=O) groups excluding carboxylic acids is 1. The van der Waals surface area contributed by atoms with Crippen molar-refractivity contribution in [1.82, 2.24) is 0 Å². The van der Waals surface area contributed by atoms with E-state index in [1.807, 2.05) is 6.92 Å². The smallest absolute Gasteiger partial charge is 0.261 e. The van der Waals surface area contributed by atoms with E-state index in [1.54, 1.807) is 30.3 Å². The molecule has 0 radical (unpaired) electrons. The third-order valence-corrected chi connectivity index (χ3v) is 5.80. The number of benzene rings is 3. The van der Waals surface area contributed by atoms with Crippen LogP contribution in [0, 0.1) is 12.7 Å². The number of carbonyl (C=O) groups is 1. The van der Waals surface area contributed by atoms with Crippen LogP contribution < -0.4 is 10.0 Å². The lowest BCUT2D eigenvalue weighted by molar-refractivity contribution is 0.102. The molecule has 0 spiro atoms. The van der Waals surface area contributed by atoms with Crippen LogP contribution in [0.2, 0.25) is 0 Å². The Morgan fingerprint density at radius 1 is 0.964 bits per heavy atom. The summed E-state index contributed by atoms with van der Waals surface area (Å²) in [4.78, 5) is 12.7. The lowest BCUT2D eigenvalue weighted by atomic mass is 10.1. The van der Waals surface area contributed by atoms with Gasteiger partial charge >= 0.3 is 0 Å². The van der Waals surface area contributed by atoms with Crippen molar-refractivity contribution in [2.45, 2.75) is 11.8 Å². The SMILES string of the molecule is Cc1ccc(S(=O)(=O)Nc2ccccc2C(=O)Nc2ccc(Br)cc2F)cc1. The summed E-state index contributed by atoms with van der Waals surface area (Å²) in [6.07, 6.45) is 0. The van der Waals surface area contributed by atoms with Gasteiger partial charge in [0.05, 0.1) is 21.8 Å². The molecule has 0 aliphatic heterocycles. The molecule has 3 aromatic carbocycles. The molecular formula is C20H16BrFN2O3S. The molecule has 0 atom stereocenters. The first-order valence-electron chi connectivity index (χ1n) is 8.21. The summed E-state index contributed by atoms with van der Waals surface area (Å²) in [5.74, 6) is -1.25. The van der Waals surface area contributed by atoms with Gasteiger partial charge in [-0.2, -0.15) is 0 Å². The van der Waals surface area contributed by atoms with Crippen LogP contribution in [-0.4, -0.2) is 14.3 Å². The molecule has 5 nitrogen and oxygen atoms in total. The fourth-order valence-electron chi connectivity index (χ4n) is 2.47. The van der Waals surface area contributed by atoms with E-state index < -0.39 is 21.7 Å². The van der Waals surface area contributed by atoms with Gasteiger partial charge in [0.2, 0.25) is 0 Å². The molecule has 0 aliphatic rings. The van der Waals surface area contributed by atoms with Crippen LogP contribution >= 0.6 is 15.9 Å². The minimum atomic E-state index is -3.88. The normalized spacial score (nSPS) is 11.1. The van der Waals surface area contributed by atoms with Crippen LogP contribution in [0.3, 0.4) is 0 Å². The van der Waals surface area contributed by atoms with Crippen LogP contribution in [0.5, 0.6) is 0 Å². The van der Waals surface area contributed by atoms with Crippen molar-refractivity contribution < 1.29 is 17.6 Å². The van der Waals surface area contributed by atoms with Gasteiger partial charge in [-0.3, -0.25) is 9.52 Å². The molecule has 0 aromatic heterocycles. The molecule has 3 rings (SSSR count). The first-order chi connectivity index (χ1) is 13.3. The summed E-state index contributed by atoms with van der Waals surface area (Å²) in [5, 5.41) is 2.46. The van der Waals surface area contributed by atoms with Gasteiger partial charge in [-0.15, -0.1) is 0 Å². The predicted octanol–water partition coefficient (Wildman–Crippen LogP) is 4.95. The number of para-hydroxylation sites is 1. The van der Waals surface area contributed by atoms with Crippen LogP contribution in [0.1, 0.15) is 15.9 Å². The maximum atomic E-state index is 14.0. The van der Waals surface area contributed by atoms with Gasteiger partial charge in [-0.05, 0) is 49.4 Å². The molecule has 0 bridgehead atoms. The summed E-state index contributed by atoms with van der Waals surface area (Å²) in [7, 11) is -3.88. The van der Waals surface area contributed by atoms with E-state index in [0.29, 0.717) is 4.47 Å². The van der Waals surface area contributed by atoms with Gasteiger partial charge in [-0.25, -0.2) is 12.8 Å². The number of anilines is 2. The van der Waals surface area contributed by atoms with Gasteiger partial charge in [0, 0.05) is 4.47 Å². The molecule has 0 saturated carbocycles. The maximum absolute atomic E-state index is 14.0. The number of sulfonamides is 1. The topological polar surface area (TPSA) is 75.3 Å². The lowest BCUT2D eigenvalue weighted by Gasteiger charge is -2.13. The highest BCUT2D eigenvalue weighted by molar-refractivity contribution is 9.10. The predicted molar refractivity (Wildman–Crippen MR) is 110 cm³/mol. The number of hydrogen-bond donors (Lipinski definition) is 2. The average Bonchev–Trinajstić information content (AvgIpc) is 2.64. The molecule has 2 N–H and O–H groups in total. The number of aryl methyl sites for hydroxylation is 1. The average molecular weight is 463 g/mol. The first-order valence-corrected chi connectivity index (χ1v) is 10.5. The quantitative estimate of drug-likeness (QED) is 0.563. The Kier molecular flexibility index (Phi) is 5.81. The molecule has 0 aliphatic carbocycles. The highest BCUT2D eigenvalue weighted by atomic mass is 79.9. The third kappa shape index (κ3) is 4.58. The lowest BCUT2D eigenvalue weighted by Crippen LogP contribution is -2.19. The molecule has 0 saturated heterocycles. The van der Waals surface area contributed by atoms with E-state index in [1.165, 1.54) is 36.4 Å². The zero-order valence-corrected chi connectivity index (χ0v) is 17.1. The van der Waals surface area contributed by atoms with Gasteiger partial charge in [0.1, 0.15) is 5.82 Å². The number of amides is 1. The highest BCUT2D eigenvalue weighted by Crippen LogP contribution is 2.24. The summed E-state index contributed by atoms with van der Waals surface area (Å²) in [6.45, 7) is 1.85.